The van der Waals surface area contributed by atoms with E-state index >= 15 is 0 Å². The van der Waals surface area contributed by atoms with Crippen LogP contribution in [0.4, 0.5) is 11.6 Å². The first-order valence-corrected chi connectivity index (χ1v) is 8.73. The summed E-state index contributed by atoms with van der Waals surface area (Å²) in [5.74, 6) is 0.685. The second kappa shape index (κ2) is 6.55. The van der Waals surface area contributed by atoms with Gasteiger partial charge < -0.3 is 21.1 Å². The molecule has 0 saturated carbocycles. The number of hydrogen-bond acceptors (Lipinski definition) is 6. The number of phenolic OH excluding ortho intramolecular Hbond substituents is 1. The van der Waals surface area contributed by atoms with Gasteiger partial charge in [0, 0.05) is 35.3 Å². The van der Waals surface area contributed by atoms with Crippen molar-refractivity contribution in [3.8, 4) is 5.75 Å². The second-order valence-corrected chi connectivity index (χ2v) is 6.38. The van der Waals surface area contributed by atoms with Crippen LogP contribution in [-0.4, -0.2) is 20.7 Å². The van der Waals surface area contributed by atoms with Gasteiger partial charge in [0.2, 0.25) is 5.95 Å². The van der Waals surface area contributed by atoms with E-state index in [-0.39, 0.29) is 11.4 Å². The first kappa shape index (κ1) is 16.2. The molecule has 1 unspecified atom stereocenters. The van der Waals surface area contributed by atoms with Gasteiger partial charge in [0.05, 0.1) is 5.69 Å². The molecule has 2 aliphatic heterocycles. The van der Waals surface area contributed by atoms with E-state index in [0.29, 0.717) is 5.95 Å². The Hall–Kier alpha value is -3.28. The molecule has 4 rings (SSSR count). The van der Waals surface area contributed by atoms with Crippen molar-refractivity contribution in [2.24, 2.45) is 0 Å². The predicted octanol–water partition coefficient (Wildman–Crippen LogP) is 3.41. The number of phenols is 1. The number of dihydropyridines is 1. The van der Waals surface area contributed by atoms with Gasteiger partial charge in [-0.15, -0.1) is 0 Å². The van der Waals surface area contributed by atoms with Crippen LogP contribution in [0.15, 0.2) is 66.7 Å². The number of fused-ring (bicyclic) bond motifs is 1. The third kappa shape index (κ3) is 2.90. The number of aromatic hydroxyl groups is 1. The highest BCUT2D eigenvalue weighted by molar-refractivity contribution is 5.83. The number of allylic oxidation sites excluding steroid dienone is 2. The van der Waals surface area contributed by atoms with E-state index in [1.807, 2.05) is 30.6 Å². The number of rotatable bonds is 5. The summed E-state index contributed by atoms with van der Waals surface area (Å²) in [6.45, 7) is 2.17. The van der Waals surface area contributed by atoms with E-state index in [0.717, 1.165) is 29.8 Å². The lowest BCUT2D eigenvalue weighted by atomic mass is 9.89. The molecule has 0 saturated heterocycles. The Morgan fingerprint density at radius 1 is 1.23 bits per heavy atom. The molecule has 0 amide bonds. The lowest BCUT2D eigenvalue weighted by molar-refractivity contribution is 0.369. The standard InChI is InChI=1S/C20H21N5O/c1-2-9-20-17(7-4-10-22-20)16(13-23-20)18-8-11-21-19(25-18)24-14-5-3-6-15(26)12-14/h3-8,10-13,22-23,26H,2,9H2,1H3,(H,21,24,25). The summed E-state index contributed by atoms with van der Waals surface area (Å²) in [6.07, 6.45) is 11.9. The highest BCUT2D eigenvalue weighted by atomic mass is 16.3. The predicted molar refractivity (Wildman–Crippen MR) is 103 cm³/mol. The molecule has 0 aliphatic carbocycles. The highest BCUT2D eigenvalue weighted by Crippen LogP contribution is 2.38. The van der Waals surface area contributed by atoms with Gasteiger partial charge in [-0.2, -0.15) is 0 Å². The van der Waals surface area contributed by atoms with Crippen LogP contribution in [0.2, 0.25) is 0 Å². The van der Waals surface area contributed by atoms with Crippen LogP contribution in [0.25, 0.3) is 5.57 Å². The SMILES string of the molecule is CCCC12NC=CC=C1C(c1ccnc(Nc3cccc(O)c3)n1)=CN2. The molecule has 6 heteroatoms. The number of aromatic nitrogens is 2. The second-order valence-electron chi connectivity index (χ2n) is 6.38. The Morgan fingerprint density at radius 2 is 2.15 bits per heavy atom. The van der Waals surface area contributed by atoms with Crippen molar-refractivity contribution in [3.05, 3.63) is 72.3 Å². The van der Waals surface area contributed by atoms with Crippen molar-refractivity contribution >= 4 is 17.2 Å². The molecule has 6 nitrogen and oxygen atoms in total. The average molecular weight is 347 g/mol. The third-order valence-electron chi connectivity index (χ3n) is 4.56. The lowest BCUT2D eigenvalue weighted by Gasteiger charge is -2.34. The third-order valence-corrected chi connectivity index (χ3v) is 4.56. The van der Waals surface area contributed by atoms with Crippen molar-refractivity contribution in [1.29, 1.82) is 0 Å². The van der Waals surface area contributed by atoms with Crippen molar-refractivity contribution in [3.63, 3.8) is 0 Å². The maximum atomic E-state index is 9.61. The van der Waals surface area contributed by atoms with E-state index in [4.69, 9.17) is 0 Å². The summed E-state index contributed by atoms with van der Waals surface area (Å²) in [5, 5.41) is 19.7. The van der Waals surface area contributed by atoms with Gasteiger partial charge >= 0.3 is 0 Å². The van der Waals surface area contributed by atoms with E-state index in [9.17, 15) is 5.11 Å². The maximum absolute atomic E-state index is 9.61. The molecule has 0 radical (unpaired) electrons. The van der Waals surface area contributed by atoms with Gasteiger partial charge in [-0.3, -0.25) is 0 Å². The van der Waals surface area contributed by atoms with Gasteiger partial charge in [-0.05, 0) is 36.9 Å². The molecule has 1 aromatic heterocycles. The fourth-order valence-corrected chi connectivity index (χ4v) is 3.41. The number of benzene rings is 1. The van der Waals surface area contributed by atoms with E-state index in [2.05, 4.69) is 38.9 Å². The molecule has 2 aliphatic rings. The minimum Gasteiger partial charge on any atom is -0.508 e. The highest BCUT2D eigenvalue weighted by Gasteiger charge is 2.39. The van der Waals surface area contributed by atoms with Gasteiger partial charge in [0.25, 0.3) is 0 Å². The van der Waals surface area contributed by atoms with Gasteiger partial charge in [0.1, 0.15) is 11.4 Å². The normalized spacial score (nSPS) is 20.5. The minimum absolute atomic E-state index is 0.198. The molecule has 132 valence electrons. The molecule has 0 bridgehead atoms. The van der Waals surface area contributed by atoms with E-state index in [1.165, 1.54) is 5.57 Å². The zero-order valence-corrected chi connectivity index (χ0v) is 14.5. The summed E-state index contributed by atoms with van der Waals surface area (Å²) in [7, 11) is 0. The van der Waals surface area contributed by atoms with Gasteiger partial charge in [-0.25, -0.2) is 9.97 Å². The molecule has 4 N–H and O–H groups in total. The Labute approximate surface area is 152 Å². The Balaban J connectivity index is 1.63. The van der Waals surface area contributed by atoms with Crippen LogP contribution < -0.4 is 16.0 Å². The molecule has 2 aromatic rings. The molecule has 0 spiro atoms. The van der Waals surface area contributed by atoms with Crippen LogP contribution in [0.3, 0.4) is 0 Å². The smallest absolute Gasteiger partial charge is 0.227 e. The van der Waals surface area contributed by atoms with E-state index < -0.39 is 0 Å². The molecular formula is C20H21N5O. The Morgan fingerprint density at radius 3 is 3.00 bits per heavy atom. The van der Waals surface area contributed by atoms with Crippen LogP contribution in [0.1, 0.15) is 25.5 Å². The zero-order chi connectivity index (χ0) is 18.0. The van der Waals surface area contributed by atoms with Crippen molar-refractivity contribution in [1.82, 2.24) is 20.6 Å². The summed E-state index contributed by atoms with van der Waals surface area (Å²) in [5.41, 5.74) is 3.56. The summed E-state index contributed by atoms with van der Waals surface area (Å²) >= 11 is 0. The van der Waals surface area contributed by atoms with Crippen LogP contribution in [-0.2, 0) is 0 Å². The Bertz CT molecular complexity index is 918. The fraction of sp³-hybridized carbons (Fsp3) is 0.200. The summed E-state index contributed by atoms with van der Waals surface area (Å²) in [4.78, 5) is 8.95. The number of anilines is 2. The first-order chi connectivity index (χ1) is 12.7. The number of hydrogen-bond donors (Lipinski definition) is 4. The van der Waals surface area contributed by atoms with Gasteiger partial charge in [0.15, 0.2) is 0 Å². The van der Waals surface area contributed by atoms with Crippen LogP contribution >= 0.6 is 0 Å². The largest absolute Gasteiger partial charge is 0.508 e. The minimum atomic E-state index is -0.261. The summed E-state index contributed by atoms with van der Waals surface area (Å²) in [6, 6.07) is 8.80. The first-order valence-electron chi connectivity index (χ1n) is 8.73. The monoisotopic (exact) mass is 347 g/mol. The molecule has 0 fully saturated rings. The Kier molecular flexibility index (Phi) is 4.08. The van der Waals surface area contributed by atoms with Crippen molar-refractivity contribution < 1.29 is 5.11 Å². The van der Waals surface area contributed by atoms with Crippen LogP contribution in [0, 0.1) is 0 Å². The topological polar surface area (TPSA) is 82.1 Å². The fourth-order valence-electron chi connectivity index (χ4n) is 3.41. The molecule has 1 aromatic carbocycles. The maximum Gasteiger partial charge on any atom is 0.227 e. The molecule has 3 heterocycles. The molecule has 1 atom stereocenters. The average Bonchev–Trinajstić information content (AvgIpc) is 3.02. The van der Waals surface area contributed by atoms with Crippen LogP contribution in [0.5, 0.6) is 5.75 Å². The van der Waals surface area contributed by atoms with Crippen molar-refractivity contribution in [2.45, 2.75) is 25.4 Å². The summed E-state index contributed by atoms with van der Waals surface area (Å²) < 4.78 is 0. The number of nitrogens with zero attached hydrogens (tertiary/aromatic N) is 2. The van der Waals surface area contributed by atoms with Crippen molar-refractivity contribution in [2.75, 3.05) is 5.32 Å². The van der Waals surface area contributed by atoms with E-state index in [1.54, 1.807) is 24.4 Å². The lowest BCUT2D eigenvalue weighted by Crippen LogP contribution is -2.52. The molecule has 26 heavy (non-hydrogen) atoms. The molecular weight excluding hydrogens is 326 g/mol. The number of nitrogens with one attached hydrogen (secondary N) is 3. The zero-order valence-electron chi connectivity index (χ0n) is 14.5. The quantitative estimate of drug-likeness (QED) is 0.664. The van der Waals surface area contributed by atoms with Gasteiger partial charge in [-0.1, -0.05) is 25.5 Å².